The summed E-state index contributed by atoms with van der Waals surface area (Å²) in [5, 5.41) is 4.94. The van der Waals surface area contributed by atoms with Crippen molar-refractivity contribution in [3.8, 4) is 0 Å². The van der Waals surface area contributed by atoms with Gasteiger partial charge in [-0.3, -0.25) is 14.9 Å². The molecule has 6 nitrogen and oxygen atoms in total. The van der Waals surface area contributed by atoms with Gasteiger partial charge in [0.25, 0.3) is 5.91 Å². The number of amides is 4. The van der Waals surface area contributed by atoms with Crippen LogP contribution in [0.2, 0.25) is 0 Å². The Balaban J connectivity index is 1.90. The summed E-state index contributed by atoms with van der Waals surface area (Å²) in [7, 11) is 0. The van der Waals surface area contributed by atoms with E-state index in [-0.39, 0.29) is 11.8 Å². The van der Waals surface area contributed by atoms with Crippen LogP contribution in [0.5, 0.6) is 0 Å². The first-order chi connectivity index (χ1) is 8.57. The Morgan fingerprint density at radius 1 is 1.39 bits per heavy atom. The van der Waals surface area contributed by atoms with Gasteiger partial charge in [0.1, 0.15) is 5.54 Å². The van der Waals surface area contributed by atoms with Crippen molar-refractivity contribution in [2.24, 2.45) is 0 Å². The van der Waals surface area contributed by atoms with Crippen LogP contribution in [0.3, 0.4) is 0 Å². The van der Waals surface area contributed by atoms with Crippen molar-refractivity contribution >= 4 is 29.6 Å². The van der Waals surface area contributed by atoms with Gasteiger partial charge in [0.15, 0.2) is 0 Å². The van der Waals surface area contributed by atoms with Gasteiger partial charge in [-0.25, -0.2) is 4.79 Å². The van der Waals surface area contributed by atoms with Crippen LogP contribution in [0.4, 0.5) is 4.79 Å². The Morgan fingerprint density at radius 3 is 2.56 bits per heavy atom. The molecule has 0 aromatic rings. The topological polar surface area (TPSA) is 78.5 Å². The van der Waals surface area contributed by atoms with Gasteiger partial charge in [-0.2, -0.15) is 11.8 Å². The van der Waals surface area contributed by atoms with Crippen molar-refractivity contribution < 1.29 is 14.4 Å². The molecule has 0 aromatic heterocycles. The molecule has 0 unspecified atom stereocenters. The highest BCUT2D eigenvalue weighted by Gasteiger charge is 2.48. The van der Waals surface area contributed by atoms with Gasteiger partial charge < -0.3 is 10.2 Å². The molecular formula is C11H17N3O3S. The number of hydrogen-bond donors (Lipinski definition) is 2. The lowest BCUT2D eigenvalue weighted by atomic mass is 9.87. The molecule has 1 spiro atoms. The number of thioether (sulfide) groups is 1. The minimum atomic E-state index is -0.784. The van der Waals surface area contributed by atoms with E-state index in [1.54, 1.807) is 16.7 Å². The fraction of sp³-hybridized carbons (Fsp3) is 0.727. The van der Waals surface area contributed by atoms with Crippen LogP contribution in [0.15, 0.2) is 0 Å². The molecule has 0 bridgehead atoms. The summed E-state index contributed by atoms with van der Waals surface area (Å²) in [6.07, 6.45) is 3.49. The standard InChI is InChI=1S/C11H17N3O3S/c1-18-7-2-8(15)14-5-3-11(4-6-14)9(16)12-10(17)13-11/h2-7H2,1H3,(H2,12,13,16,17). The third-order valence-electron chi connectivity index (χ3n) is 3.50. The number of nitrogens with one attached hydrogen (secondary N) is 2. The van der Waals surface area contributed by atoms with Gasteiger partial charge in [-0.1, -0.05) is 0 Å². The lowest BCUT2D eigenvalue weighted by Crippen LogP contribution is -2.55. The van der Waals surface area contributed by atoms with E-state index in [2.05, 4.69) is 10.6 Å². The molecular weight excluding hydrogens is 254 g/mol. The first-order valence-electron chi connectivity index (χ1n) is 5.98. The second-order valence-corrected chi connectivity index (χ2v) is 5.60. The summed E-state index contributed by atoms with van der Waals surface area (Å²) in [5.74, 6) is 0.685. The zero-order valence-corrected chi connectivity index (χ0v) is 11.1. The molecule has 100 valence electrons. The number of nitrogens with zero attached hydrogens (tertiary/aromatic N) is 1. The van der Waals surface area contributed by atoms with E-state index in [9.17, 15) is 14.4 Å². The SMILES string of the molecule is CSCCC(=O)N1CCC2(CC1)NC(=O)NC2=O. The average Bonchev–Trinajstić information content (AvgIpc) is 2.62. The third kappa shape index (κ3) is 2.45. The highest BCUT2D eigenvalue weighted by atomic mass is 32.2. The van der Waals surface area contributed by atoms with E-state index < -0.39 is 11.6 Å². The van der Waals surface area contributed by atoms with Gasteiger partial charge >= 0.3 is 6.03 Å². The Kier molecular flexibility index (Phi) is 3.79. The molecule has 2 saturated heterocycles. The normalized spacial score (nSPS) is 21.9. The molecule has 2 heterocycles. The van der Waals surface area contributed by atoms with Crippen LogP contribution in [-0.2, 0) is 9.59 Å². The van der Waals surface area contributed by atoms with Crippen molar-refractivity contribution in [2.45, 2.75) is 24.8 Å². The minimum Gasteiger partial charge on any atom is -0.342 e. The van der Waals surface area contributed by atoms with Crippen molar-refractivity contribution in [1.82, 2.24) is 15.5 Å². The molecule has 18 heavy (non-hydrogen) atoms. The lowest BCUT2D eigenvalue weighted by Gasteiger charge is -2.37. The van der Waals surface area contributed by atoms with E-state index in [1.165, 1.54) is 0 Å². The number of rotatable bonds is 3. The fourth-order valence-electron chi connectivity index (χ4n) is 2.37. The third-order valence-corrected chi connectivity index (χ3v) is 4.12. The second-order valence-electron chi connectivity index (χ2n) is 4.61. The van der Waals surface area contributed by atoms with E-state index in [4.69, 9.17) is 0 Å². The van der Waals surface area contributed by atoms with Gasteiger partial charge in [0, 0.05) is 25.3 Å². The first-order valence-corrected chi connectivity index (χ1v) is 7.37. The number of likely N-dealkylation sites (tertiary alicyclic amines) is 1. The number of carbonyl (C=O) groups excluding carboxylic acids is 3. The number of urea groups is 1. The molecule has 0 aliphatic carbocycles. The molecule has 2 aliphatic rings. The van der Waals surface area contributed by atoms with Gasteiger partial charge in [-0.05, 0) is 19.1 Å². The van der Waals surface area contributed by atoms with Gasteiger partial charge in [0.2, 0.25) is 5.91 Å². The number of carbonyl (C=O) groups is 3. The number of hydrogen-bond acceptors (Lipinski definition) is 4. The molecule has 2 fully saturated rings. The summed E-state index contributed by atoms with van der Waals surface area (Å²) >= 11 is 1.64. The van der Waals surface area contributed by atoms with Crippen molar-refractivity contribution in [3.63, 3.8) is 0 Å². The Bertz CT molecular complexity index is 378. The molecule has 0 atom stereocenters. The largest absolute Gasteiger partial charge is 0.342 e. The maximum Gasteiger partial charge on any atom is 0.322 e. The average molecular weight is 271 g/mol. The van der Waals surface area contributed by atoms with Crippen LogP contribution < -0.4 is 10.6 Å². The highest BCUT2D eigenvalue weighted by Crippen LogP contribution is 2.25. The quantitative estimate of drug-likeness (QED) is 0.705. The maximum atomic E-state index is 11.8. The summed E-state index contributed by atoms with van der Waals surface area (Å²) in [5.41, 5.74) is -0.784. The van der Waals surface area contributed by atoms with Crippen molar-refractivity contribution in [1.29, 1.82) is 0 Å². The van der Waals surface area contributed by atoms with Crippen LogP contribution in [0.25, 0.3) is 0 Å². The Hall–Kier alpha value is -1.24. The zero-order valence-electron chi connectivity index (χ0n) is 10.3. The minimum absolute atomic E-state index is 0.129. The predicted molar refractivity (Wildman–Crippen MR) is 68.2 cm³/mol. The molecule has 0 saturated carbocycles. The smallest absolute Gasteiger partial charge is 0.322 e. The monoisotopic (exact) mass is 271 g/mol. The van der Waals surface area contributed by atoms with Gasteiger partial charge in [0.05, 0.1) is 0 Å². The van der Waals surface area contributed by atoms with Crippen LogP contribution >= 0.6 is 11.8 Å². The summed E-state index contributed by atoms with van der Waals surface area (Å²) in [6.45, 7) is 1.06. The fourth-order valence-corrected chi connectivity index (χ4v) is 2.74. The molecule has 4 amide bonds. The van der Waals surface area contributed by atoms with Crippen molar-refractivity contribution in [2.75, 3.05) is 25.1 Å². The molecule has 0 aromatic carbocycles. The Morgan fingerprint density at radius 2 is 2.06 bits per heavy atom. The zero-order chi connectivity index (χ0) is 13.2. The molecule has 2 N–H and O–H groups in total. The number of imide groups is 1. The van der Waals surface area contributed by atoms with E-state index in [0.29, 0.717) is 32.4 Å². The summed E-state index contributed by atoms with van der Waals surface area (Å²) in [6, 6.07) is -0.429. The molecule has 2 aliphatic heterocycles. The first kappa shape index (κ1) is 13.2. The second kappa shape index (κ2) is 5.17. The predicted octanol–water partition coefficient (Wildman–Crippen LogP) is -0.0599. The van der Waals surface area contributed by atoms with Crippen LogP contribution in [0.1, 0.15) is 19.3 Å². The van der Waals surface area contributed by atoms with Crippen LogP contribution in [0, 0.1) is 0 Å². The Labute approximate surface area is 110 Å². The van der Waals surface area contributed by atoms with E-state index in [1.807, 2.05) is 6.26 Å². The molecule has 0 radical (unpaired) electrons. The van der Waals surface area contributed by atoms with Crippen molar-refractivity contribution in [3.05, 3.63) is 0 Å². The summed E-state index contributed by atoms with van der Waals surface area (Å²) < 4.78 is 0. The highest BCUT2D eigenvalue weighted by molar-refractivity contribution is 7.98. The summed E-state index contributed by atoms with van der Waals surface area (Å²) in [4.78, 5) is 36.5. The van der Waals surface area contributed by atoms with E-state index in [0.717, 1.165) is 5.75 Å². The maximum absolute atomic E-state index is 11.8. The van der Waals surface area contributed by atoms with E-state index >= 15 is 0 Å². The lowest BCUT2D eigenvalue weighted by molar-refractivity contribution is -0.135. The van der Waals surface area contributed by atoms with Crippen LogP contribution in [-0.4, -0.2) is 53.4 Å². The number of piperidine rings is 1. The molecule has 2 rings (SSSR count). The van der Waals surface area contributed by atoms with Gasteiger partial charge in [-0.15, -0.1) is 0 Å². The molecule has 7 heteroatoms.